The van der Waals surface area contributed by atoms with E-state index in [0.717, 1.165) is 0 Å². The average molecular weight is 221 g/mol. The van der Waals surface area contributed by atoms with Gasteiger partial charge in [-0.25, -0.2) is 4.98 Å². The van der Waals surface area contributed by atoms with Gasteiger partial charge in [0.15, 0.2) is 0 Å². The molecular weight excluding hydrogens is 211 g/mol. The molecule has 0 fully saturated rings. The van der Waals surface area contributed by atoms with Crippen molar-refractivity contribution in [2.75, 3.05) is 19.0 Å². The molecule has 0 aromatic carbocycles. The minimum absolute atomic E-state index is 0.0934. The van der Waals surface area contributed by atoms with Gasteiger partial charge in [0.05, 0.1) is 7.11 Å². The molecule has 0 unspecified atom stereocenters. The van der Waals surface area contributed by atoms with Gasteiger partial charge in [0.2, 0.25) is 11.8 Å². The summed E-state index contributed by atoms with van der Waals surface area (Å²) in [5.74, 6) is 0.136. The number of aromatic nitrogens is 2. The molecule has 4 nitrogen and oxygen atoms in total. The highest BCUT2D eigenvalue weighted by atomic mass is 19.4. The molecule has 7 heteroatoms. The van der Waals surface area contributed by atoms with Crippen molar-refractivity contribution in [3.63, 3.8) is 0 Å². The Morgan fingerprint density at radius 2 is 2.07 bits per heavy atom. The van der Waals surface area contributed by atoms with Crippen LogP contribution in [0.4, 0.5) is 19.1 Å². The van der Waals surface area contributed by atoms with E-state index in [-0.39, 0.29) is 11.8 Å². The van der Waals surface area contributed by atoms with Crippen LogP contribution in [0.3, 0.4) is 0 Å². The number of anilines is 1. The van der Waals surface area contributed by atoms with Crippen LogP contribution in [0.15, 0.2) is 6.07 Å². The van der Waals surface area contributed by atoms with E-state index >= 15 is 0 Å². The SMILES string of the molecule is COc1cc(C)nc(NCC(F)(F)F)n1. The zero-order valence-corrected chi connectivity index (χ0v) is 8.22. The molecule has 1 heterocycles. The number of nitrogens with zero attached hydrogens (tertiary/aromatic N) is 2. The third kappa shape index (κ3) is 4.01. The number of alkyl halides is 3. The summed E-state index contributed by atoms with van der Waals surface area (Å²) in [6.45, 7) is 0.475. The zero-order chi connectivity index (χ0) is 11.5. The number of hydrogen-bond donors (Lipinski definition) is 1. The topological polar surface area (TPSA) is 47.0 Å². The predicted octanol–water partition coefficient (Wildman–Crippen LogP) is 1.77. The smallest absolute Gasteiger partial charge is 0.405 e. The Morgan fingerprint density at radius 3 is 2.60 bits per heavy atom. The maximum absolute atomic E-state index is 11.9. The Morgan fingerprint density at radius 1 is 1.40 bits per heavy atom. The summed E-state index contributed by atoms with van der Waals surface area (Å²) >= 11 is 0. The molecule has 0 spiro atoms. The molecule has 0 radical (unpaired) electrons. The van der Waals surface area contributed by atoms with Crippen molar-refractivity contribution in [2.45, 2.75) is 13.1 Å². The number of ether oxygens (including phenoxy) is 1. The van der Waals surface area contributed by atoms with Gasteiger partial charge in [0, 0.05) is 11.8 Å². The standard InChI is InChI=1S/C8H10F3N3O/c1-5-3-6(15-2)14-7(13-5)12-4-8(9,10)11/h3H,4H2,1-2H3,(H,12,13,14). The summed E-state index contributed by atoms with van der Waals surface area (Å²) in [4.78, 5) is 7.49. The van der Waals surface area contributed by atoms with Crippen molar-refractivity contribution in [3.05, 3.63) is 11.8 Å². The Hall–Kier alpha value is -1.53. The van der Waals surface area contributed by atoms with Gasteiger partial charge in [0.25, 0.3) is 0 Å². The van der Waals surface area contributed by atoms with E-state index in [1.807, 2.05) is 0 Å². The number of nitrogens with one attached hydrogen (secondary N) is 1. The molecule has 0 aliphatic rings. The number of aryl methyl sites for hydroxylation is 1. The second-order valence-corrected chi connectivity index (χ2v) is 2.84. The predicted molar refractivity (Wildman–Crippen MR) is 47.9 cm³/mol. The molecule has 0 atom stereocenters. The second-order valence-electron chi connectivity index (χ2n) is 2.84. The van der Waals surface area contributed by atoms with Crippen LogP contribution in [0.5, 0.6) is 5.88 Å². The summed E-state index contributed by atoms with van der Waals surface area (Å²) in [6.07, 6.45) is -4.29. The van der Waals surface area contributed by atoms with Crippen molar-refractivity contribution >= 4 is 5.95 Å². The van der Waals surface area contributed by atoms with Crippen LogP contribution in [0.25, 0.3) is 0 Å². The van der Waals surface area contributed by atoms with Crippen LogP contribution in [-0.2, 0) is 0 Å². The lowest BCUT2D eigenvalue weighted by atomic mass is 10.4. The maximum Gasteiger partial charge on any atom is 0.405 e. The monoisotopic (exact) mass is 221 g/mol. The normalized spacial score (nSPS) is 11.3. The summed E-state index contributed by atoms with van der Waals surface area (Å²) < 4.78 is 40.4. The summed E-state index contributed by atoms with van der Waals surface area (Å²) in [6, 6.07) is 1.53. The van der Waals surface area contributed by atoms with Gasteiger partial charge in [-0.1, -0.05) is 0 Å². The first-order valence-electron chi connectivity index (χ1n) is 4.11. The molecule has 1 rings (SSSR count). The number of halogens is 3. The Kier molecular flexibility index (Phi) is 3.33. The largest absolute Gasteiger partial charge is 0.481 e. The number of hydrogen-bond acceptors (Lipinski definition) is 4. The number of rotatable bonds is 3. The van der Waals surface area contributed by atoms with Crippen LogP contribution in [0.1, 0.15) is 5.69 Å². The van der Waals surface area contributed by atoms with E-state index in [2.05, 4.69) is 15.3 Å². The fraction of sp³-hybridized carbons (Fsp3) is 0.500. The van der Waals surface area contributed by atoms with E-state index in [9.17, 15) is 13.2 Å². The van der Waals surface area contributed by atoms with Gasteiger partial charge >= 0.3 is 6.18 Å². The van der Waals surface area contributed by atoms with Crippen LogP contribution >= 0.6 is 0 Å². The van der Waals surface area contributed by atoms with Crippen LogP contribution in [-0.4, -0.2) is 29.8 Å². The van der Waals surface area contributed by atoms with Gasteiger partial charge < -0.3 is 10.1 Å². The fourth-order valence-electron chi connectivity index (χ4n) is 0.903. The van der Waals surface area contributed by atoms with Gasteiger partial charge in [-0.3, -0.25) is 0 Å². The van der Waals surface area contributed by atoms with E-state index in [0.29, 0.717) is 5.69 Å². The highest BCUT2D eigenvalue weighted by Gasteiger charge is 2.27. The summed E-state index contributed by atoms with van der Waals surface area (Å²) in [5.41, 5.74) is 0.534. The van der Waals surface area contributed by atoms with Gasteiger partial charge in [-0.2, -0.15) is 18.2 Å². The van der Waals surface area contributed by atoms with Crippen LogP contribution < -0.4 is 10.1 Å². The van der Waals surface area contributed by atoms with E-state index in [4.69, 9.17) is 4.74 Å². The fourth-order valence-corrected chi connectivity index (χ4v) is 0.903. The molecule has 1 aromatic heterocycles. The van der Waals surface area contributed by atoms with Crippen LogP contribution in [0.2, 0.25) is 0 Å². The van der Waals surface area contributed by atoms with E-state index < -0.39 is 12.7 Å². The Labute approximate surface area is 84.5 Å². The molecule has 0 saturated heterocycles. The lowest BCUT2D eigenvalue weighted by Crippen LogP contribution is -2.22. The first kappa shape index (κ1) is 11.5. The minimum Gasteiger partial charge on any atom is -0.481 e. The first-order valence-corrected chi connectivity index (χ1v) is 4.11. The molecule has 0 aliphatic heterocycles. The molecule has 84 valence electrons. The van der Waals surface area contributed by atoms with Crippen molar-refractivity contribution in [3.8, 4) is 5.88 Å². The summed E-state index contributed by atoms with van der Waals surface area (Å²) in [7, 11) is 1.38. The zero-order valence-electron chi connectivity index (χ0n) is 8.22. The van der Waals surface area contributed by atoms with Crippen molar-refractivity contribution in [1.82, 2.24) is 9.97 Å². The molecular formula is C8H10F3N3O. The van der Waals surface area contributed by atoms with Gasteiger partial charge in [0.1, 0.15) is 6.54 Å². The lowest BCUT2D eigenvalue weighted by Gasteiger charge is -2.09. The lowest BCUT2D eigenvalue weighted by molar-refractivity contribution is -0.115. The van der Waals surface area contributed by atoms with Crippen molar-refractivity contribution in [1.29, 1.82) is 0 Å². The Bertz CT molecular complexity index is 340. The number of methoxy groups -OCH3 is 1. The highest BCUT2D eigenvalue weighted by Crippen LogP contribution is 2.16. The van der Waals surface area contributed by atoms with Crippen LogP contribution in [0, 0.1) is 6.92 Å². The molecule has 15 heavy (non-hydrogen) atoms. The maximum atomic E-state index is 11.9. The van der Waals surface area contributed by atoms with Crippen molar-refractivity contribution in [2.24, 2.45) is 0 Å². The molecule has 0 saturated carbocycles. The average Bonchev–Trinajstić information content (AvgIpc) is 2.13. The first-order chi connectivity index (χ1) is 6.90. The van der Waals surface area contributed by atoms with Gasteiger partial charge in [-0.05, 0) is 6.92 Å². The van der Waals surface area contributed by atoms with Gasteiger partial charge in [-0.15, -0.1) is 0 Å². The molecule has 1 N–H and O–H groups in total. The molecule has 0 bridgehead atoms. The molecule has 0 amide bonds. The molecule has 1 aromatic rings. The quantitative estimate of drug-likeness (QED) is 0.844. The second kappa shape index (κ2) is 4.33. The highest BCUT2D eigenvalue weighted by molar-refractivity contribution is 5.30. The third-order valence-electron chi connectivity index (χ3n) is 1.49. The third-order valence-corrected chi connectivity index (χ3v) is 1.49. The van der Waals surface area contributed by atoms with Crippen molar-refractivity contribution < 1.29 is 17.9 Å². The van der Waals surface area contributed by atoms with E-state index in [1.165, 1.54) is 13.2 Å². The summed E-state index contributed by atoms with van der Waals surface area (Å²) in [5, 5.41) is 2.07. The molecule has 0 aliphatic carbocycles. The van der Waals surface area contributed by atoms with E-state index in [1.54, 1.807) is 6.92 Å². The minimum atomic E-state index is -4.29. The Balaban J connectivity index is 2.73.